The number of aliphatic hydroxyl groups excluding tert-OH is 4. The van der Waals surface area contributed by atoms with Crippen molar-refractivity contribution in [2.24, 2.45) is 0 Å². The van der Waals surface area contributed by atoms with Gasteiger partial charge in [-0.15, -0.1) is 0 Å². The van der Waals surface area contributed by atoms with Crippen molar-refractivity contribution in [2.75, 3.05) is 0 Å². The van der Waals surface area contributed by atoms with E-state index in [9.17, 15) is 0 Å². The zero-order chi connectivity index (χ0) is 8.31. The van der Waals surface area contributed by atoms with Crippen molar-refractivity contribution in [3.8, 4) is 0 Å². The van der Waals surface area contributed by atoms with Crippen molar-refractivity contribution in [1.82, 2.24) is 0 Å². The summed E-state index contributed by atoms with van der Waals surface area (Å²) in [4.78, 5) is 0. The Morgan fingerprint density at radius 2 is 0.900 bits per heavy atom. The van der Waals surface area contributed by atoms with Crippen molar-refractivity contribution in [3.05, 3.63) is 0 Å². The molecular formula is C6H14O4. The van der Waals surface area contributed by atoms with Crippen LogP contribution in [0.4, 0.5) is 0 Å². The van der Waals surface area contributed by atoms with E-state index < -0.39 is 24.4 Å². The molecule has 4 heteroatoms. The van der Waals surface area contributed by atoms with Gasteiger partial charge in [0.1, 0.15) is 12.2 Å². The molecular weight excluding hydrogens is 136 g/mol. The van der Waals surface area contributed by atoms with Crippen LogP contribution in [0.1, 0.15) is 13.8 Å². The summed E-state index contributed by atoms with van der Waals surface area (Å²) in [6.45, 7) is 2.69. The molecule has 0 fully saturated rings. The summed E-state index contributed by atoms with van der Waals surface area (Å²) in [6, 6.07) is 0. The molecule has 62 valence electrons. The molecule has 0 spiro atoms. The van der Waals surface area contributed by atoms with E-state index in [0.29, 0.717) is 0 Å². The summed E-state index contributed by atoms with van der Waals surface area (Å²) in [6.07, 6.45) is -4.60. The standard InChI is InChI=1S/C6H14O4/c1-3(7)5(9)6(10)4(2)8/h3-10H,1-2H3. The lowest BCUT2D eigenvalue weighted by molar-refractivity contribution is -0.0947. The van der Waals surface area contributed by atoms with Crippen molar-refractivity contribution in [1.29, 1.82) is 0 Å². The number of rotatable bonds is 3. The molecule has 4 nitrogen and oxygen atoms in total. The topological polar surface area (TPSA) is 80.9 Å². The second kappa shape index (κ2) is 3.88. The molecule has 0 saturated heterocycles. The maximum Gasteiger partial charge on any atom is 0.108 e. The number of aliphatic hydroxyl groups is 4. The molecule has 4 atom stereocenters. The fourth-order valence-corrected chi connectivity index (χ4v) is 0.571. The van der Waals surface area contributed by atoms with Crippen molar-refractivity contribution in [2.45, 2.75) is 38.3 Å². The predicted molar refractivity (Wildman–Crippen MR) is 35.4 cm³/mol. The van der Waals surface area contributed by atoms with Gasteiger partial charge in [0.05, 0.1) is 12.2 Å². The van der Waals surface area contributed by atoms with Crippen LogP contribution in [0.3, 0.4) is 0 Å². The summed E-state index contributed by atoms with van der Waals surface area (Å²) in [7, 11) is 0. The van der Waals surface area contributed by atoms with Crippen LogP contribution in [0, 0.1) is 0 Å². The van der Waals surface area contributed by atoms with E-state index in [2.05, 4.69) is 0 Å². The summed E-state index contributed by atoms with van der Waals surface area (Å²) < 4.78 is 0. The molecule has 0 aliphatic rings. The third-order valence-electron chi connectivity index (χ3n) is 1.34. The van der Waals surface area contributed by atoms with Gasteiger partial charge in [-0.1, -0.05) is 0 Å². The highest BCUT2D eigenvalue weighted by molar-refractivity contribution is 4.75. The minimum Gasteiger partial charge on any atom is -0.391 e. The van der Waals surface area contributed by atoms with E-state index >= 15 is 0 Å². The molecule has 4 N–H and O–H groups in total. The van der Waals surface area contributed by atoms with E-state index in [-0.39, 0.29) is 0 Å². The van der Waals surface area contributed by atoms with E-state index in [4.69, 9.17) is 20.4 Å². The highest BCUT2D eigenvalue weighted by Gasteiger charge is 2.24. The first-order chi connectivity index (χ1) is 4.46. The second-order valence-corrected chi connectivity index (χ2v) is 2.46. The normalized spacial score (nSPS) is 23.4. The predicted octanol–water partition coefficient (Wildman–Crippen LogP) is -1.53. The largest absolute Gasteiger partial charge is 0.391 e. The Morgan fingerprint density at radius 3 is 1.00 bits per heavy atom. The average Bonchev–Trinajstić information content (AvgIpc) is 1.84. The van der Waals surface area contributed by atoms with Crippen LogP contribution in [0.5, 0.6) is 0 Å². The Labute approximate surface area is 59.7 Å². The van der Waals surface area contributed by atoms with Gasteiger partial charge >= 0.3 is 0 Å². The molecule has 0 aromatic carbocycles. The van der Waals surface area contributed by atoms with Gasteiger partial charge in [0.25, 0.3) is 0 Å². The van der Waals surface area contributed by atoms with Crippen LogP contribution < -0.4 is 0 Å². The molecule has 0 aromatic heterocycles. The summed E-state index contributed by atoms with van der Waals surface area (Å²) in [5, 5.41) is 35.2. The first-order valence-electron chi connectivity index (χ1n) is 3.19. The van der Waals surface area contributed by atoms with Crippen molar-refractivity contribution in [3.63, 3.8) is 0 Å². The molecule has 0 rings (SSSR count). The minimum absolute atomic E-state index is 1.02. The lowest BCUT2D eigenvalue weighted by Gasteiger charge is -2.21. The number of hydrogen-bond donors (Lipinski definition) is 4. The fourth-order valence-electron chi connectivity index (χ4n) is 0.571. The lowest BCUT2D eigenvalue weighted by Crippen LogP contribution is -2.41. The van der Waals surface area contributed by atoms with Gasteiger partial charge in [-0.25, -0.2) is 0 Å². The van der Waals surface area contributed by atoms with Gasteiger partial charge in [-0.3, -0.25) is 0 Å². The van der Waals surface area contributed by atoms with Crippen LogP contribution in [-0.2, 0) is 0 Å². The molecule has 0 bridgehead atoms. The van der Waals surface area contributed by atoms with Gasteiger partial charge in [0.15, 0.2) is 0 Å². The lowest BCUT2D eigenvalue weighted by atomic mass is 10.1. The molecule has 0 amide bonds. The summed E-state index contributed by atoms with van der Waals surface area (Å²) >= 11 is 0. The Kier molecular flexibility index (Phi) is 3.81. The first kappa shape index (κ1) is 9.84. The van der Waals surface area contributed by atoms with Crippen LogP contribution in [-0.4, -0.2) is 44.8 Å². The van der Waals surface area contributed by atoms with Crippen LogP contribution in [0.2, 0.25) is 0 Å². The molecule has 0 saturated carbocycles. The van der Waals surface area contributed by atoms with Crippen LogP contribution in [0.25, 0.3) is 0 Å². The van der Waals surface area contributed by atoms with Crippen molar-refractivity contribution < 1.29 is 20.4 Å². The molecule has 0 aromatic rings. The average molecular weight is 150 g/mol. The van der Waals surface area contributed by atoms with E-state index in [1.807, 2.05) is 0 Å². The molecule has 0 heterocycles. The van der Waals surface area contributed by atoms with E-state index in [1.54, 1.807) is 0 Å². The fraction of sp³-hybridized carbons (Fsp3) is 1.00. The van der Waals surface area contributed by atoms with Crippen molar-refractivity contribution >= 4 is 0 Å². The van der Waals surface area contributed by atoms with E-state index in [1.165, 1.54) is 13.8 Å². The highest BCUT2D eigenvalue weighted by atomic mass is 16.4. The molecule has 0 aliphatic heterocycles. The highest BCUT2D eigenvalue weighted by Crippen LogP contribution is 2.03. The Morgan fingerprint density at radius 1 is 0.700 bits per heavy atom. The van der Waals surface area contributed by atoms with Gasteiger partial charge in [0.2, 0.25) is 0 Å². The quantitative estimate of drug-likeness (QED) is 0.393. The summed E-state index contributed by atoms with van der Waals surface area (Å²) in [5.41, 5.74) is 0. The maximum absolute atomic E-state index is 8.91. The Bertz CT molecular complexity index is 79.7. The first-order valence-corrected chi connectivity index (χ1v) is 3.19. The molecule has 0 radical (unpaired) electrons. The monoisotopic (exact) mass is 150 g/mol. The van der Waals surface area contributed by atoms with Gasteiger partial charge in [-0.2, -0.15) is 0 Å². The number of hydrogen-bond acceptors (Lipinski definition) is 4. The molecule has 10 heavy (non-hydrogen) atoms. The Hall–Kier alpha value is -0.160. The zero-order valence-electron chi connectivity index (χ0n) is 6.10. The maximum atomic E-state index is 8.91. The van der Waals surface area contributed by atoms with Crippen LogP contribution in [0.15, 0.2) is 0 Å². The van der Waals surface area contributed by atoms with Gasteiger partial charge < -0.3 is 20.4 Å². The second-order valence-electron chi connectivity index (χ2n) is 2.46. The van der Waals surface area contributed by atoms with Gasteiger partial charge in [-0.05, 0) is 13.8 Å². The van der Waals surface area contributed by atoms with Crippen LogP contribution >= 0.6 is 0 Å². The molecule has 4 unspecified atom stereocenters. The Balaban J connectivity index is 3.81. The smallest absolute Gasteiger partial charge is 0.108 e. The SMILES string of the molecule is CC(O)C(O)C(O)C(C)O. The third-order valence-corrected chi connectivity index (χ3v) is 1.34. The van der Waals surface area contributed by atoms with E-state index in [0.717, 1.165) is 0 Å². The molecule has 0 aliphatic carbocycles. The summed E-state index contributed by atoms with van der Waals surface area (Å²) in [5.74, 6) is 0. The zero-order valence-corrected chi connectivity index (χ0v) is 6.10. The minimum atomic E-state index is -1.28. The third kappa shape index (κ3) is 2.62. The van der Waals surface area contributed by atoms with Gasteiger partial charge in [0, 0.05) is 0 Å².